The molecule has 8 heteroatoms. The van der Waals surface area contributed by atoms with Crippen molar-refractivity contribution in [3.8, 4) is 0 Å². The van der Waals surface area contributed by atoms with Gasteiger partial charge in [0.05, 0.1) is 18.4 Å². The molecule has 1 aromatic heterocycles. The largest absolute Gasteiger partial charge is 0.383 e. The van der Waals surface area contributed by atoms with Gasteiger partial charge in [-0.15, -0.1) is 0 Å². The van der Waals surface area contributed by atoms with E-state index in [9.17, 15) is 9.59 Å². The molecule has 2 amide bonds. The highest BCUT2D eigenvalue weighted by atomic mass is 16.5. The lowest BCUT2D eigenvalue weighted by Gasteiger charge is -2.17. The van der Waals surface area contributed by atoms with E-state index >= 15 is 0 Å². The molecule has 2 aliphatic heterocycles. The molecule has 25 heavy (non-hydrogen) atoms. The minimum absolute atomic E-state index is 0.0801. The highest BCUT2D eigenvalue weighted by Gasteiger charge is 2.27. The Bertz CT molecular complexity index is 622. The van der Waals surface area contributed by atoms with Crippen LogP contribution in [0.3, 0.4) is 0 Å². The van der Waals surface area contributed by atoms with Crippen molar-refractivity contribution < 1.29 is 19.1 Å². The van der Waals surface area contributed by atoms with Crippen molar-refractivity contribution in [2.24, 2.45) is 0 Å². The number of nitrogens with zero attached hydrogens (tertiary/aromatic N) is 2. The van der Waals surface area contributed by atoms with E-state index < -0.39 is 0 Å². The van der Waals surface area contributed by atoms with Crippen molar-refractivity contribution in [3.05, 3.63) is 17.2 Å². The number of fused-ring (bicyclic) bond motifs is 1. The van der Waals surface area contributed by atoms with Crippen molar-refractivity contribution in [2.45, 2.75) is 44.8 Å². The first kappa shape index (κ1) is 17.9. The van der Waals surface area contributed by atoms with Crippen LogP contribution in [0.4, 0.5) is 0 Å². The van der Waals surface area contributed by atoms with Crippen molar-refractivity contribution in [3.63, 3.8) is 0 Å². The first-order valence-corrected chi connectivity index (χ1v) is 8.97. The summed E-state index contributed by atoms with van der Waals surface area (Å²) < 4.78 is 12.4. The lowest BCUT2D eigenvalue weighted by atomic mass is 10.1. The zero-order chi connectivity index (χ0) is 17.6. The van der Waals surface area contributed by atoms with Crippen LogP contribution in [0.5, 0.6) is 0 Å². The van der Waals surface area contributed by atoms with E-state index in [1.807, 2.05) is 4.57 Å². The Morgan fingerprint density at radius 2 is 2.16 bits per heavy atom. The van der Waals surface area contributed by atoms with Gasteiger partial charge in [-0.3, -0.25) is 9.59 Å². The summed E-state index contributed by atoms with van der Waals surface area (Å²) >= 11 is 0. The van der Waals surface area contributed by atoms with Crippen molar-refractivity contribution in [1.29, 1.82) is 0 Å². The van der Waals surface area contributed by atoms with Gasteiger partial charge in [0.15, 0.2) is 5.82 Å². The second kappa shape index (κ2) is 8.44. The zero-order valence-electron chi connectivity index (χ0n) is 14.7. The fraction of sp³-hybridized carbons (Fsp3) is 0.706. The third kappa shape index (κ3) is 4.19. The molecule has 3 rings (SSSR count). The Morgan fingerprint density at radius 1 is 1.28 bits per heavy atom. The van der Waals surface area contributed by atoms with Crippen LogP contribution in [0.15, 0.2) is 0 Å². The van der Waals surface area contributed by atoms with Crippen LogP contribution in [0.2, 0.25) is 0 Å². The first-order chi connectivity index (χ1) is 12.2. The number of aromatic nitrogens is 2. The smallest absolute Gasteiger partial charge is 0.287 e. The van der Waals surface area contributed by atoms with Gasteiger partial charge in [0.1, 0.15) is 5.69 Å². The third-order valence-corrected chi connectivity index (χ3v) is 4.64. The molecule has 138 valence electrons. The Morgan fingerprint density at radius 3 is 2.92 bits per heavy atom. The molecule has 3 heterocycles. The Labute approximate surface area is 147 Å². The number of nitrogens with one attached hydrogen (secondary N) is 2. The summed E-state index contributed by atoms with van der Waals surface area (Å²) in [5.41, 5.74) is 1.21. The summed E-state index contributed by atoms with van der Waals surface area (Å²) in [4.78, 5) is 29.3. The zero-order valence-corrected chi connectivity index (χ0v) is 14.7. The minimum atomic E-state index is -0.249. The molecule has 1 fully saturated rings. The topological polar surface area (TPSA) is 94.5 Å². The SMILES string of the molecule is COCCNC(=O)c1nc(C(=O)NCC2CCCO2)n2c1CCCC2. The van der Waals surface area contributed by atoms with E-state index in [1.165, 1.54) is 0 Å². The third-order valence-electron chi connectivity index (χ3n) is 4.64. The summed E-state index contributed by atoms with van der Waals surface area (Å²) in [6, 6.07) is 0. The van der Waals surface area contributed by atoms with E-state index in [2.05, 4.69) is 15.6 Å². The lowest BCUT2D eigenvalue weighted by Crippen LogP contribution is -2.34. The fourth-order valence-electron chi connectivity index (χ4n) is 3.34. The summed E-state index contributed by atoms with van der Waals surface area (Å²) in [5, 5.41) is 5.68. The van der Waals surface area contributed by atoms with E-state index in [4.69, 9.17) is 9.47 Å². The average Bonchev–Trinajstić information content (AvgIpc) is 3.27. The van der Waals surface area contributed by atoms with Gasteiger partial charge >= 0.3 is 0 Å². The van der Waals surface area contributed by atoms with Crippen LogP contribution in [0.1, 0.15) is 52.5 Å². The second-order valence-corrected chi connectivity index (χ2v) is 6.43. The predicted molar refractivity (Wildman–Crippen MR) is 90.7 cm³/mol. The van der Waals surface area contributed by atoms with Gasteiger partial charge in [-0.2, -0.15) is 0 Å². The molecule has 1 unspecified atom stereocenters. The van der Waals surface area contributed by atoms with Crippen LogP contribution >= 0.6 is 0 Å². The van der Waals surface area contributed by atoms with Crippen LogP contribution in [-0.2, 0) is 22.4 Å². The molecule has 1 saturated heterocycles. The summed E-state index contributed by atoms with van der Waals surface area (Å²) in [7, 11) is 1.58. The maximum absolute atomic E-state index is 12.6. The molecular weight excluding hydrogens is 324 g/mol. The number of imidazole rings is 1. The van der Waals surface area contributed by atoms with E-state index in [0.717, 1.165) is 50.9 Å². The molecule has 0 aromatic carbocycles. The van der Waals surface area contributed by atoms with Gasteiger partial charge in [-0.1, -0.05) is 0 Å². The van der Waals surface area contributed by atoms with Gasteiger partial charge in [0.2, 0.25) is 0 Å². The van der Waals surface area contributed by atoms with Gasteiger partial charge in [0.25, 0.3) is 11.8 Å². The predicted octanol–water partition coefficient (Wildman–Crippen LogP) is 0.504. The Kier molecular flexibility index (Phi) is 6.04. The summed E-state index contributed by atoms with van der Waals surface area (Å²) in [6.45, 7) is 2.82. The highest BCUT2D eigenvalue weighted by Crippen LogP contribution is 2.21. The average molecular weight is 350 g/mol. The molecule has 8 nitrogen and oxygen atoms in total. The quantitative estimate of drug-likeness (QED) is 0.699. The number of amides is 2. The van der Waals surface area contributed by atoms with Crippen molar-refractivity contribution in [2.75, 3.05) is 33.4 Å². The Hall–Kier alpha value is -1.93. The van der Waals surface area contributed by atoms with Gasteiger partial charge < -0.3 is 24.7 Å². The fourth-order valence-corrected chi connectivity index (χ4v) is 3.34. The number of hydrogen-bond acceptors (Lipinski definition) is 5. The van der Waals surface area contributed by atoms with E-state index in [0.29, 0.717) is 31.2 Å². The number of carbonyl (C=O) groups excluding carboxylic acids is 2. The standard InChI is InChI=1S/C17H26N4O4/c1-24-10-7-18-16(22)14-13-6-2-3-8-21(13)15(20-14)17(23)19-11-12-5-4-9-25-12/h12H,2-11H2,1H3,(H,18,22)(H,19,23). The maximum Gasteiger partial charge on any atom is 0.287 e. The lowest BCUT2D eigenvalue weighted by molar-refractivity contribution is 0.0845. The van der Waals surface area contributed by atoms with Crippen LogP contribution < -0.4 is 10.6 Å². The van der Waals surface area contributed by atoms with Crippen LogP contribution in [-0.4, -0.2) is 60.9 Å². The number of rotatable bonds is 7. The van der Waals surface area contributed by atoms with Gasteiger partial charge in [0, 0.05) is 33.4 Å². The molecule has 0 radical (unpaired) electrons. The monoisotopic (exact) mass is 350 g/mol. The van der Waals surface area contributed by atoms with Gasteiger partial charge in [-0.25, -0.2) is 4.98 Å². The second-order valence-electron chi connectivity index (χ2n) is 6.43. The molecule has 0 saturated carbocycles. The minimum Gasteiger partial charge on any atom is -0.383 e. The molecule has 0 aliphatic carbocycles. The van der Waals surface area contributed by atoms with Crippen LogP contribution in [0.25, 0.3) is 0 Å². The molecular formula is C17H26N4O4. The molecule has 0 bridgehead atoms. The summed E-state index contributed by atoms with van der Waals surface area (Å²) in [5.74, 6) is -0.167. The number of carbonyl (C=O) groups is 2. The summed E-state index contributed by atoms with van der Waals surface area (Å²) in [6.07, 6.45) is 4.83. The van der Waals surface area contributed by atoms with Gasteiger partial charge in [-0.05, 0) is 32.1 Å². The Balaban J connectivity index is 1.72. The maximum atomic E-state index is 12.6. The normalized spacial score (nSPS) is 19.5. The van der Waals surface area contributed by atoms with E-state index in [1.54, 1.807) is 7.11 Å². The van der Waals surface area contributed by atoms with E-state index in [-0.39, 0.29) is 17.9 Å². The molecule has 1 aromatic rings. The molecule has 2 N–H and O–H groups in total. The van der Waals surface area contributed by atoms with Crippen molar-refractivity contribution >= 4 is 11.8 Å². The van der Waals surface area contributed by atoms with Crippen LogP contribution in [0, 0.1) is 0 Å². The first-order valence-electron chi connectivity index (χ1n) is 8.97. The van der Waals surface area contributed by atoms with Crippen molar-refractivity contribution in [1.82, 2.24) is 20.2 Å². The molecule has 2 aliphatic rings. The number of methoxy groups -OCH3 is 1. The number of ether oxygens (including phenoxy) is 2. The highest BCUT2D eigenvalue weighted by molar-refractivity contribution is 5.97. The molecule has 0 spiro atoms. The molecule has 1 atom stereocenters. The number of hydrogen-bond donors (Lipinski definition) is 2.